The van der Waals surface area contributed by atoms with Gasteiger partial charge in [-0.3, -0.25) is 19.4 Å². The number of aliphatic carboxylic acids is 1. The predicted octanol–water partition coefficient (Wildman–Crippen LogP) is 1.60. The maximum Gasteiger partial charge on any atom is 0.322 e. The highest BCUT2D eigenvalue weighted by Gasteiger charge is 2.35. The number of halogens is 1. The van der Waals surface area contributed by atoms with E-state index in [1.807, 2.05) is 18.2 Å². The number of carboxylic acids is 1. The number of hydrogen-bond acceptors (Lipinski definition) is 6. The highest BCUT2D eigenvalue weighted by Crippen LogP contribution is 2.21. The number of nitrogens with zero attached hydrogens (tertiary/aromatic N) is 2. The minimum atomic E-state index is -1.09. The zero-order valence-electron chi connectivity index (χ0n) is 18.7. The fraction of sp³-hybridized carbons (Fsp3) is 0.333. The first-order valence-electron chi connectivity index (χ1n) is 11.0. The molecule has 5 N–H and O–H groups in total. The monoisotopic (exact) mass is 485 g/mol. The summed E-state index contributed by atoms with van der Waals surface area (Å²) in [6.45, 7) is 0.541. The number of carboxylic acid groups (broad SMARTS) is 1. The number of pyridine rings is 1. The number of benzene rings is 1. The minimum absolute atomic E-state index is 0.132. The molecule has 9 nitrogen and oxygen atoms in total. The second-order valence-corrected chi connectivity index (χ2v) is 8.32. The fourth-order valence-corrected chi connectivity index (χ4v) is 4.02. The first kappa shape index (κ1) is 25.2. The lowest BCUT2D eigenvalue weighted by molar-refractivity contribution is -0.137. The van der Waals surface area contributed by atoms with Gasteiger partial charge in [-0.1, -0.05) is 23.7 Å². The summed E-state index contributed by atoms with van der Waals surface area (Å²) < 4.78 is 0. The number of allylic oxidation sites excluding steroid dienone is 1. The summed E-state index contributed by atoms with van der Waals surface area (Å²) >= 11 is 6.08. The molecule has 0 aliphatic carbocycles. The molecule has 1 saturated heterocycles. The van der Waals surface area contributed by atoms with Crippen LogP contribution in [-0.2, 0) is 33.9 Å². The van der Waals surface area contributed by atoms with Crippen molar-refractivity contribution in [3.63, 3.8) is 0 Å². The van der Waals surface area contributed by atoms with Gasteiger partial charge in [-0.05, 0) is 54.3 Å². The van der Waals surface area contributed by atoms with Crippen LogP contribution in [0.5, 0.6) is 0 Å². The molecule has 1 atom stereocenters. The smallest absolute Gasteiger partial charge is 0.322 e. The summed E-state index contributed by atoms with van der Waals surface area (Å²) in [5.74, 6) is -1.79. The maximum absolute atomic E-state index is 13.3. The molecule has 0 saturated carbocycles. The second kappa shape index (κ2) is 12.2. The molecule has 34 heavy (non-hydrogen) atoms. The molecule has 1 aromatic carbocycles. The van der Waals surface area contributed by atoms with Crippen molar-refractivity contribution in [2.45, 2.75) is 38.4 Å². The summed E-state index contributed by atoms with van der Waals surface area (Å²) in [7, 11) is 0. The van der Waals surface area contributed by atoms with Gasteiger partial charge in [0.15, 0.2) is 0 Å². The van der Waals surface area contributed by atoms with E-state index >= 15 is 0 Å². The Labute approximate surface area is 203 Å². The Kier molecular flexibility index (Phi) is 9.00. The number of carbonyl (C=O) groups excluding carboxylic acids is 2. The van der Waals surface area contributed by atoms with E-state index in [1.54, 1.807) is 30.5 Å². The molecule has 180 valence electrons. The molecule has 0 radical (unpaired) electrons. The van der Waals surface area contributed by atoms with Crippen molar-refractivity contribution in [3.8, 4) is 0 Å². The number of nitrogens with one attached hydrogen (secondary N) is 2. The van der Waals surface area contributed by atoms with Crippen molar-refractivity contribution in [2.24, 2.45) is 5.73 Å². The molecule has 10 heteroatoms. The van der Waals surface area contributed by atoms with E-state index in [0.29, 0.717) is 37.4 Å². The van der Waals surface area contributed by atoms with E-state index in [-0.39, 0.29) is 18.1 Å². The van der Waals surface area contributed by atoms with Crippen molar-refractivity contribution in [1.82, 2.24) is 20.5 Å². The van der Waals surface area contributed by atoms with Gasteiger partial charge in [-0.2, -0.15) is 0 Å². The normalized spacial score (nSPS) is 15.8. The molecule has 0 spiro atoms. The highest BCUT2D eigenvalue weighted by atomic mass is 35.5. The summed E-state index contributed by atoms with van der Waals surface area (Å²) in [5, 5.41) is 15.2. The van der Waals surface area contributed by atoms with E-state index in [4.69, 9.17) is 22.4 Å². The largest absolute Gasteiger partial charge is 0.480 e. The zero-order valence-corrected chi connectivity index (χ0v) is 19.4. The Hall–Kier alpha value is -3.43. The van der Waals surface area contributed by atoms with Crippen molar-refractivity contribution in [1.29, 1.82) is 0 Å². The van der Waals surface area contributed by atoms with Crippen molar-refractivity contribution in [3.05, 3.63) is 76.2 Å². The van der Waals surface area contributed by atoms with Crippen molar-refractivity contribution >= 4 is 29.4 Å². The van der Waals surface area contributed by atoms with Gasteiger partial charge in [0.05, 0.1) is 5.70 Å². The lowest BCUT2D eigenvalue weighted by atomic mass is 10.1. The molecule has 1 aliphatic heterocycles. The van der Waals surface area contributed by atoms with Crippen molar-refractivity contribution < 1.29 is 19.5 Å². The van der Waals surface area contributed by atoms with Gasteiger partial charge < -0.3 is 26.4 Å². The number of carbonyl (C=O) groups is 3. The van der Waals surface area contributed by atoms with Gasteiger partial charge in [0.1, 0.15) is 12.6 Å². The predicted molar refractivity (Wildman–Crippen MR) is 128 cm³/mol. The van der Waals surface area contributed by atoms with Gasteiger partial charge in [-0.15, -0.1) is 0 Å². The van der Waals surface area contributed by atoms with Crippen LogP contribution in [0.25, 0.3) is 0 Å². The van der Waals surface area contributed by atoms with Gasteiger partial charge in [0, 0.05) is 43.0 Å². The molecule has 2 heterocycles. The third-order valence-electron chi connectivity index (χ3n) is 5.56. The van der Waals surface area contributed by atoms with Crippen LogP contribution in [0, 0.1) is 0 Å². The molecule has 1 fully saturated rings. The molecule has 2 amide bonds. The number of aromatic nitrogens is 1. The van der Waals surface area contributed by atoms with E-state index in [2.05, 4.69) is 15.6 Å². The van der Waals surface area contributed by atoms with Crippen LogP contribution in [0.3, 0.4) is 0 Å². The van der Waals surface area contributed by atoms with Crippen LogP contribution in [0.2, 0.25) is 5.02 Å². The second-order valence-electron chi connectivity index (χ2n) is 7.88. The molecule has 2 aromatic rings. The summed E-state index contributed by atoms with van der Waals surface area (Å²) in [5.41, 5.74) is 8.34. The third kappa shape index (κ3) is 6.79. The first-order valence-corrected chi connectivity index (χ1v) is 11.4. The quantitative estimate of drug-likeness (QED) is 0.375. The Bertz CT molecular complexity index is 1060. The van der Waals surface area contributed by atoms with Crippen LogP contribution in [0.1, 0.15) is 29.7 Å². The van der Waals surface area contributed by atoms with Crippen LogP contribution in [-0.4, -0.2) is 51.9 Å². The average Bonchev–Trinajstić information content (AvgIpc) is 3.33. The van der Waals surface area contributed by atoms with Gasteiger partial charge >= 0.3 is 5.97 Å². The number of likely N-dealkylation sites (tertiary alicyclic amines) is 1. The Morgan fingerprint density at radius 1 is 1.21 bits per heavy atom. The van der Waals surface area contributed by atoms with Gasteiger partial charge in [0.25, 0.3) is 5.91 Å². The van der Waals surface area contributed by atoms with Gasteiger partial charge in [0.2, 0.25) is 5.91 Å². The lowest BCUT2D eigenvalue weighted by Gasteiger charge is -2.25. The number of nitrogens with two attached hydrogens (primary N) is 1. The van der Waals surface area contributed by atoms with Crippen LogP contribution < -0.4 is 16.4 Å². The topological polar surface area (TPSA) is 138 Å². The zero-order chi connectivity index (χ0) is 24.5. The lowest BCUT2D eigenvalue weighted by Crippen LogP contribution is -2.48. The minimum Gasteiger partial charge on any atom is -0.480 e. The Balaban J connectivity index is 1.71. The maximum atomic E-state index is 13.3. The molecule has 1 aliphatic rings. The molecular formula is C24H28ClN5O4. The molecular weight excluding hydrogens is 458 g/mol. The fourth-order valence-electron chi connectivity index (χ4n) is 3.83. The molecule has 3 rings (SSSR count). The summed E-state index contributed by atoms with van der Waals surface area (Å²) in [6.07, 6.45) is 4.78. The SMILES string of the molecule is NCc1ccc(Cl)cc1CNC(=O)[C@@H]1CCCN1C(=O)/C(=C\Cc1ccccn1)NCC(=O)O. The average molecular weight is 486 g/mol. The van der Waals surface area contributed by atoms with E-state index in [1.165, 1.54) is 4.90 Å². The number of amides is 2. The van der Waals surface area contributed by atoms with E-state index in [0.717, 1.165) is 16.8 Å². The molecule has 0 unspecified atom stereocenters. The standard InChI is InChI=1S/C24H28ClN5O4/c25-18-7-6-16(13-26)17(12-18)14-29-23(33)21-5-3-11-30(21)24(34)20(28-15-22(31)32)9-8-19-4-1-2-10-27-19/h1-2,4,6-7,9-10,12,21,28H,3,5,8,11,13-15,26H2,(H,29,33)(H,31,32)/b20-9+/t21-/m0/s1. The van der Waals surface area contributed by atoms with Gasteiger partial charge in [-0.25, -0.2) is 0 Å². The van der Waals surface area contributed by atoms with E-state index in [9.17, 15) is 14.4 Å². The number of rotatable bonds is 10. The van der Waals surface area contributed by atoms with E-state index < -0.39 is 24.5 Å². The molecule has 1 aromatic heterocycles. The van der Waals surface area contributed by atoms with Crippen molar-refractivity contribution in [2.75, 3.05) is 13.1 Å². The highest BCUT2D eigenvalue weighted by molar-refractivity contribution is 6.30. The summed E-state index contributed by atoms with van der Waals surface area (Å²) in [4.78, 5) is 43.0. The summed E-state index contributed by atoms with van der Waals surface area (Å²) in [6, 6.07) is 10.1. The molecule has 0 bridgehead atoms. The van der Waals surface area contributed by atoms with Crippen LogP contribution in [0.15, 0.2) is 54.4 Å². The number of hydrogen-bond donors (Lipinski definition) is 4. The Morgan fingerprint density at radius 2 is 2.03 bits per heavy atom. The third-order valence-corrected chi connectivity index (χ3v) is 5.79. The van der Waals surface area contributed by atoms with Crippen LogP contribution in [0.4, 0.5) is 0 Å². The Morgan fingerprint density at radius 3 is 2.74 bits per heavy atom. The van der Waals surface area contributed by atoms with Crippen LogP contribution >= 0.6 is 11.6 Å². The first-order chi connectivity index (χ1) is 16.4.